The average Bonchev–Trinajstić information content (AvgIpc) is 2.75. The summed E-state index contributed by atoms with van der Waals surface area (Å²) in [5, 5.41) is 0.476. The fraction of sp³-hybridized carbons (Fsp3) is 0.182. The van der Waals surface area contributed by atoms with Crippen LogP contribution in [-0.2, 0) is 10.0 Å². The molecular weight excluding hydrogens is 276 g/mol. The van der Waals surface area contributed by atoms with Gasteiger partial charge in [-0.2, -0.15) is 4.98 Å². The summed E-state index contributed by atoms with van der Waals surface area (Å²) < 4.78 is 30.5. The number of nitrogens with zero attached hydrogens (tertiary/aromatic N) is 2. The summed E-state index contributed by atoms with van der Waals surface area (Å²) in [5.74, 6) is 0. The molecule has 0 fully saturated rings. The lowest BCUT2D eigenvalue weighted by atomic mass is 10.4. The van der Waals surface area contributed by atoms with Crippen LogP contribution >= 0.6 is 11.6 Å². The van der Waals surface area contributed by atoms with Gasteiger partial charge < -0.3 is 4.42 Å². The number of anilines is 1. The van der Waals surface area contributed by atoms with Crippen molar-refractivity contribution in [3.63, 3.8) is 0 Å². The Bertz CT molecular complexity index is 649. The number of benzene rings is 1. The van der Waals surface area contributed by atoms with Crippen LogP contribution in [-0.4, -0.2) is 20.4 Å². The Morgan fingerprint density at radius 2 is 1.89 bits per heavy atom. The van der Waals surface area contributed by atoms with E-state index in [0.717, 1.165) is 4.31 Å². The molecule has 0 aliphatic carbocycles. The van der Waals surface area contributed by atoms with Crippen LogP contribution in [0.5, 0.6) is 0 Å². The van der Waals surface area contributed by atoms with Crippen LogP contribution in [0.3, 0.4) is 0 Å². The molecule has 0 atom stereocenters. The van der Waals surface area contributed by atoms with Gasteiger partial charge in [0.1, 0.15) is 6.26 Å². The minimum absolute atomic E-state index is 0.0300. The maximum absolute atomic E-state index is 12.2. The summed E-state index contributed by atoms with van der Waals surface area (Å²) in [4.78, 5) is 4.10. The SMILES string of the molecule is Cc1coc(N(C)S(=O)(=O)c2ccc(Cl)cc2)n1. The molecule has 1 aromatic carbocycles. The van der Waals surface area contributed by atoms with Gasteiger partial charge >= 0.3 is 6.01 Å². The van der Waals surface area contributed by atoms with E-state index >= 15 is 0 Å². The smallest absolute Gasteiger partial charge is 0.311 e. The van der Waals surface area contributed by atoms with Gasteiger partial charge in [-0.05, 0) is 31.2 Å². The number of oxazole rings is 1. The molecule has 96 valence electrons. The average molecular weight is 287 g/mol. The van der Waals surface area contributed by atoms with Crippen LogP contribution in [0.1, 0.15) is 5.69 Å². The first-order chi connectivity index (χ1) is 8.41. The molecule has 0 N–H and O–H groups in total. The van der Waals surface area contributed by atoms with Gasteiger partial charge in [0, 0.05) is 12.1 Å². The third kappa shape index (κ3) is 2.34. The monoisotopic (exact) mass is 286 g/mol. The fourth-order valence-corrected chi connectivity index (χ4v) is 2.57. The Morgan fingerprint density at radius 3 is 2.39 bits per heavy atom. The van der Waals surface area contributed by atoms with E-state index in [4.69, 9.17) is 16.0 Å². The lowest BCUT2D eigenvalue weighted by Crippen LogP contribution is -2.26. The van der Waals surface area contributed by atoms with Crippen molar-refractivity contribution in [3.8, 4) is 0 Å². The highest BCUT2D eigenvalue weighted by Crippen LogP contribution is 2.22. The number of aryl methyl sites for hydroxylation is 1. The molecule has 0 unspecified atom stereocenters. The summed E-state index contributed by atoms with van der Waals surface area (Å²) in [7, 11) is -2.29. The summed E-state index contributed by atoms with van der Waals surface area (Å²) in [5.41, 5.74) is 0.614. The number of halogens is 1. The highest BCUT2D eigenvalue weighted by molar-refractivity contribution is 7.92. The normalized spacial score (nSPS) is 11.5. The van der Waals surface area contributed by atoms with E-state index in [2.05, 4.69) is 4.98 Å². The maximum atomic E-state index is 12.2. The van der Waals surface area contributed by atoms with Gasteiger partial charge in [0.05, 0.1) is 10.6 Å². The lowest BCUT2D eigenvalue weighted by Gasteiger charge is -2.14. The topological polar surface area (TPSA) is 63.4 Å². The first-order valence-electron chi connectivity index (χ1n) is 5.08. The second-order valence-corrected chi connectivity index (χ2v) is 6.10. The predicted molar refractivity (Wildman–Crippen MR) is 68.3 cm³/mol. The molecular formula is C11H11ClN2O3S. The molecule has 2 rings (SSSR count). The van der Waals surface area contributed by atoms with Gasteiger partial charge in [0.15, 0.2) is 0 Å². The third-order valence-electron chi connectivity index (χ3n) is 2.35. The van der Waals surface area contributed by atoms with Gasteiger partial charge in [-0.1, -0.05) is 11.6 Å². The Balaban J connectivity index is 2.39. The first-order valence-corrected chi connectivity index (χ1v) is 6.89. The molecule has 0 saturated heterocycles. The quantitative estimate of drug-likeness (QED) is 0.869. The Morgan fingerprint density at radius 1 is 1.28 bits per heavy atom. The first kappa shape index (κ1) is 12.9. The minimum atomic E-state index is -3.68. The van der Waals surface area contributed by atoms with E-state index < -0.39 is 10.0 Å². The van der Waals surface area contributed by atoms with E-state index in [1.165, 1.54) is 37.6 Å². The number of aromatic nitrogens is 1. The zero-order valence-electron chi connectivity index (χ0n) is 9.79. The van der Waals surface area contributed by atoms with Gasteiger partial charge in [-0.3, -0.25) is 0 Å². The number of rotatable bonds is 3. The van der Waals surface area contributed by atoms with Crippen molar-refractivity contribution in [3.05, 3.63) is 41.2 Å². The third-order valence-corrected chi connectivity index (χ3v) is 4.35. The molecule has 1 aromatic heterocycles. The van der Waals surface area contributed by atoms with E-state index in [1.807, 2.05) is 0 Å². The van der Waals surface area contributed by atoms with Crippen LogP contribution < -0.4 is 4.31 Å². The van der Waals surface area contributed by atoms with Crippen molar-refractivity contribution in [2.45, 2.75) is 11.8 Å². The van der Waals surface area contributed by atoms with Gasteiger partial charge in [-0.15, -0.1) is 0 Å². The molecule has 0 radical (unpaired) electrons. The summed E-state index contributed by atoms with van der Waals surface area (Å²) in [6.45, 7) is 1.72. The maximum Gasteiger partial charge on any atom is 0.311 e. The van der Waals surface area contributed by atoms with Gasteiger partial charge in [-0.25, -0.2) is 12.7 Å². The minimum Gasteiger partial charge on any atom is -0.431 e. The lowest BCUT2D eigenvalue weighted by molar-refractivity contribution is 0.551. The van der Waals surface area contributed by atoms with Crippen molar-refractivity contribution in [1.82, 2.24) is 4.98 Å². The molecule has 0 saturated carbocycles. The van der Waals surface area contributed by atoms with Gasteiger partial charge in [0.2, 0.25) is 0 Å². The van der Waals surface area contributed by atoms with Crippen molar-refractivity contribution >= 4 is 27.6 Å². The predicted octanol–water partition coefficient (Wildman–Crippen LogP) is 2.46. The Kier molecular flexibility index (Phi) is 3.32. The molecule has 1 heterocycles. The van der Waals surface area contributed by atoms with Crippen molar-refractivity contribution < 1.29 is 12.8 Å². The molecule has 5 nitrogen and oxygen atoms in total. The molecule has 0 aliphatic rings. The number of hydrogen-bond donors (Lipinski definition) is 0. The molecule has 0 bridgehead atoms. The largest absolute Gasteiger partial charge is 0.431 e. The van der Waals surface area contributed by atoms with Gasteiger partial charge in [0.25, 0.3) is 10.0 Å². The van der Waals surface area contributed by atoms with Crippen LogP contribution in [0.2, 0.25) is 5.02 Å². The van der Waals surface area contributed by atoms with Crippen molar-refractivity contribution in [2.24, 2.45) is 0 Å². The highest BCUT2D eigenvalue weighted by Gasteiger charge is 2.24. The van der Waals surface area contributed by atoms with Crippen molar-refractivity contribution in [2.75, 3.05) is 11.4 Å². The molecule has 0 amide bonds. The zero-order valence-corrected chi connectivity index (χ0v) is 11.4. The number of sulfonamides is 1. The van der Waals surface area contributed by atoms with Crippen LogP contribution in [0.15, 0.2) is 39.8 Å². The summed E-state index contributed by atoms with van der Waals surface area (Å²) >= 11 is 5.72. The van der Waals surface area contributed by atoms with Crippen molar-refractivity contribution in [1.29, 1.82) is 0 Å². The zero-order chi connectivity index (χ0) is 13.3. The van der Waals surface area contributed by atoms with E-state index in [9.17, 15) is 8.42 Å². The Hall–Kier alpha value is -1.53. The highest BCUT2D eigenvalue weighted by atomic mass is 35.5. The fourth-order valence-electron chi connectivity index (χ4n) is 1.35. The van der Waals surface area contributed by atoms with E-state index in [0.29, 0.717) is 10.7 Å². The summed E-state index contributed by atoms with van der Waals surface area (Å²) in [6.07, 6.45) is 1.39. The van der Waals surface area contributed by atoms with E-state index in [-0.39, 0.29) is 10.9 Å². The molecule has 7 heteroatoms. The van der Waals surface area contributed by atoms with Crippen LogP contribution in [0.25, 0.3) is 0 Å². The molecule has 18 heavy (non-hydrogen) atoms. The molecule has 0 spiro atoms. The second-order valence-electron chi connectivity index (χ2n) is 3.70. The Labute approximate surface area is 110 Å². The van der Waals surface area contributed by atoms with Crippen LogP contribution in [0.4, 0.5) is 6.01 Å². The molecule has 2 aromatic rings. The van der Waals surface area contributed by atoms with Crippen LogP contribution in [0, 0.1) is 6.92 Å². The second kappa shape index (κ2) is 4.62. The van der Waals surface area contributed by atoms with E-state index in [1.54, 1.807) is 6.92 Å². The summed E-state index contributed by atoms with van der Waals surface area (Å²) in [6, 6.07) is 5.93. The molecule has 0 aliphatic heterocycles. The standard InChI is InChI=1S/C11H11ClN2O3S/c1-8-7-17-11(13-8)14(2)18(15,16)10-5-3-9(12)4-6-10/h3-7H,1-2H3. The number of hydrogen-bond acceptors (Lipinski definition) is 4.